The number of Topliss-reactive ketones (excluding diaryl/α,β-unsaturated/α-hetero) is 1. The zero-order chi connectivity index (χ0) is 17.8. The predicted molar refractivity (Wildman–Crippen MR) is 97.2 cm³/mol. The lowest BCUT2D eigenvalue weighted by molar-refractivity contribution is -0.130. The molecular weight excluding hydrogens is 338 g/mol. The first kappa shape index (κ1) is 17.5. The summed E-state index contributed by atoms with van der Waals surface area (Å²) < 4.78 is 5.12. The fraction of sp³-hybridized carbons (Fsp3) is 0.300. The molecule has 2 aromatic rings. The molecule has 5 heteroatoms. The number of hydrogen-bond donors (Lipinski definition) is 0. The molecule has 130 valence electrons. The maximum absolute atomic E-state index is 12.8. The van der Waals surface area contributed by atoms with E-state index in [9.17, 15) is 9.59 Å². The second kappa shape index (κ2) is 7.70. The fourth-order valence-electron chi connectivity index (χ4n) is 3.16. The molecule has 0 saturated carbocycles. The zero-order valence-corrected chi connectivity index (χ0v) is 14.8. The SMILES string of the molecule is COc1ccc(C(=O)C2CCCN2C(=O)Cc2ccc(Cl)cc2)cc1. The summed E-state index contributed by atoms with van der Waals surface area (Å²) >= 11 is 5.88. The number of rotatable bonds is 5. The van der Waals surface area contributed by atoms with Crippen LogP contribution >= 0.6 is 11.6 Å². The van der Waals surface area contributed by atoms with Gasteiger partial charge in [0.1, 0.15) is 5.75 Å². The van der Waals surface area contributed by atoms with Crippen LogP contribution in [0.2, 0.25) is 5.02 Å². The van der Waals surface area contributed by atoms with E-state index in [2.05, 4.69) is 0 Å². The molecule has 1 aliphatic rings. The minimum Gasteiger partial charge on any atom is -0.497 e. The van der Waals surface area contributed by atoms with Crippen LogP contribution in [-0.4, -0.2) is 36.3 Å². The second-order valence-corrected chi connectivity index (χ2v) is 6.58. The normalized spacial score (nSPS) is 16.7. The summed E-state index contributed by atoms with van der Waals surface area (Å²) in [6.07, 6.45) is 1.83. The number of amides is 1. The Balaban J connectivity index is 1.71. The van der Waals surface area contributed by atoms with Gasteiger partial charge in [0.2, 0.25) is 5.91 Å². The van der Waals surface area contributed by atoms with Gasteiger partial charge in [0.25, 0.3) is 0 Å². The lowest BCUT2D eigenvalue weighted by Crippen LogP contribution is -2.41. The van der Waals surface area contributed by atoms with Crippen molar-refractivity contribution in [2.45, 2.75) is 25.3 Å². The number of halogens is 1. The molecule has 0 bridgehead atoms. The average Bonchev–Trinajstić information content (AvgIpc) is 3.13. The van der Waals surface area contributed by atoms with Crippen LogP contribution in [0, 0.1) is 0 Å². The van der Waals surface area contributed by atoms with Crippen molar-refractivity contribution in [3.8, 4) is 5.75 Å². The van der Waals surface area contributed by atoms with Crippen molar-refractivity contribution in [1.29, 1.82) is 0 Å². The molecule has 0 spiro atoms. The number of ether oxygens (including phenoxy) is 1. The summed E-state index contributed by atoms with van der Waals surface area (Å²) in [5.41, 5.74) is 1.51. The van der Waals surface area contributed by atoms with Gasteiger partial charge in [0, 0.05) is 17.1 Å². The lowest BCUT2D eigenvalue weighted by Gasteiger charge is -2.24. The third-order valence-corrected chi connectivity index (χ3v) is 4.77. The standard InChI is InChI=1S/C20H20ClNO3/c1-25-17-10-6-15(7-11-17)20(24)18-3-2-12-22(18)19(23)13-14-4-8-16(21)9-5-14/h4-11,18H,2-3,12-13H2,1H3. The molecule has 25 heavy (non-hydrogen) atoms. The Labute approximate surface area is 152 Å². The molecular formula is C20H20ClNO3. The second-order valence-electron chi connectivity index (χ2n) is 6.14. The van der Waals surface area contributed by atoms with Gasteiger partial charge < -0.3 is 9.64 Å². The summed E-state index contributed by atoms with van der Waals surface area (Å²) in [6, 6.07) is 13.9. The van der Waals surface area contributed by atoms with Crippen LogP contribution in [-0.2, 0) is 11.2 Å². The Kier molecular flexibility index (Phi) is 5.39. The molecule has 1 unspecified atom stereocenters. The molecule has 2 aromatic carbocycles. The highest BCUT2D eigenvalue weighted by atomic mass is 35.5. The summed E-state index contributed by atoms with van der Waals surface area (Å²) in [6.45, 7) is 0.624. The number of hydrogen-bond acceptors (Lipinski definition) is 3. The van der Waals surface area contributed by atoms with Gasteiger partial charge in [-0.15, -0.1) is 0 Å². The monoisotopic (exact) mass is 357 g/mol. The number of methoxy groups -OCH3 is 1. The minimum absolute atomic E-state index is 0.00962. The highest BCUT2D eigenvalue weighted by Gasteiger charge is 2.34. The molecule has 0 N–H and O–H groups in total. The summed E-state index contributed by atoms with van der Waals surface area (Å²) in [5.74, 6) is 0.676. The molecule has 1 fully saturated rings. The molecule has 1 aliphatic heterocycles. The molecule has 0 aliphatic carbocycles. The van der Waals surface area contributed by atoms with E-state index in [1.165, 1.54) is 0 Å². The van der Waals surface area contributed by atoms with Gasteiger partial charge in [-0.1, -0.05) is 23.7 Å². The Morgan fingerprint density at radius 1 is 1.12 bits per heavy atom. The van der Waals surface area contributed by atoms with E-state index in [0.29, 0.717) is 29.3 Å². The highest BCUT2D eigenvalue weighted by molar-refractivity contribution is 6.30. The topological polar surface area (TPSA) is 46.6 Å². The van der Waals surface area contributed by atoms with E-state index >= 15 is 0 Å². The minimum atomic E-state index is -0.381. The molecule has 3 rings (SSSR count). The molecule has 1 amide bonds. The van der Waals surface area contributed by atoms with Gasteiger partial charge in [-0.25, -0.2) is 0 Å². The first-order chi connectivity index (χ1) is 12.1. The largest absolute Gasteiger partial charge is 0.497 e. The smallest absolute Gasteiger partial charge is 0.227 e. The van der Waals surface area contributed by atoms with E-state index in [1.54, 1.807) is 48.4 Å². The van der Waals surface area contributed by atoms with Gasteiger partial charge in [-0.2, -0.15) is 0 Å². The summed E-state index contributed by atoms with van der Waals surface area (Å²) in [4.78, 5) is 27.2. The van der Waals surface area contributed by atoms with E-state index in [0.717, 1.165) is 12.0 Å². The van der Waals surface area contributed by atoms with Crippen molar-refractivity contribution in [2.24, 2.45) is 0 Å². The molecule has 1 saturated heterocycles. The van der Waals surface area contributed by atoms with E-state index in [4.69, 9.17) is 16.3 Å². The average molecular weight is 358 g/mol. The van der Waals surface area contributed by atoms with Crippen LogP contribution in [0.3, 0.4) is 0 Å². The van der Waals surface area contributed by atoms with Crippen LogP contribution in [0.25, 0.3) is 0 Å². The molecule has 1 atom stereocenters. The van der Waals surface area contributed by atoms with Crippen molar-refractivity contribution in [3.63, 3.8) is 0 Å². The van der Waals surface area contributed by atoms with Gasteiger partial charge >= 0.3 is 0 Å². The molecule has 0 radical (unpaired) electrons. The zero-order valence-electron chi connectivity index (χ0n) is 14.1. The van der Waals surface area contributed by atoms with Crippen molar-refractivity contribution in [1.82, 2.24) is 4.90 Å². The van der Waals surface area contributed by atoms with Crippen molar-refractivity contribution < 1.29 is 14.3 Å². The first-order valence-electron chi connectivity index (χ1n) is 8.30. The van der Waals surface area contributed by atoms with Crippen LogP contribution in [0.1, 0.15) is 28.8 Å². The van der Waals surface area contributed by atoms with Gasteiger partial charge in [-0.3, -0.25) is 9.59 Å². The number of benzene rings is 2. The van der Waals surface area contributed by atoms with Crippen LogP contribution in [0.15, 0.2) is 48.5 Å². The van der Waals surface area contributed by atoms with E-state index < -0.39 is 0 Å². The number of carbonyl (C=O) groups is 2. The van der Waals surface area contributed by atoms with Gasteiger partial charge in [0.05, 0.1) is 19.6 Å². The van der Waals surface area contributed by atoms with E-state index in [1.807, 2.05) is 12.1 Å². The van der Waals surface area contributed by atoms with E-state index in [-0.39, 0.29) is 24.2 Å². The number of carbonyl (C=O) groups excluding carboxylic acids is 2. The van der Waals surface area contributed by atoms with Crippen molar-refractivity contribution in [2.75, 3.05) is 13.7 Å². The fourth-order valence-corrected chi connectivity index (χ4v) is 3.29. The third-order valence-electron chi connectivity index (χ3n) is 4.52. The van der Waals surface area contributed by atoms with Gasteiger partial charge in [0.15, 0.2) is 5.78 Å². The Morgan fingerprint density at radius 2 is 1.80 bits per heavy atom. The third kappa shape index (κ3) is 4.02. The van der Waals surface area contributed by atoms with Crippen LogP contribution < -0.4 is 4.74 Å². The maximum Gasteiger partial charge on any atom is 0.227 e. The summed E-state index contributed by atoms with van der Waals surface area (Å²) in [7, 11) is 1.59. The maximum atomic E-state index is 12.8. The Hall–Kier alpha value is -2.33. The number of nitrogens with zero attached hydrogens (tertiary/aromatic N) is 1. The molecule has 0 aromatic heterocycles. The quantitative estimate of drug-likeness (QED) is 0.765. The Bertz CT molecular complexity index is 756. The highest BCUT2D eigenvalue weighted by Crippen LogP contribution is 2.23. The van der Waals surface area contributed by atoms with Crippen molar-refractivity contribution >= 4 is 23.3 Å². The number of ketones is 1. The van der Waals surface area contributed by atoms with Gasteiger partial charge in [-0.05, 0) is 54.8 Å². The van der Waals surface area contributed by atoms with Crippen molar-refractivity contribution in [3.05, 3.63) is 64.7 Å². The first-order valence-corrected chi connectivity index (χ1v) is 8.68. The van der Waals surface area contributed by atoms with Crippen LogP contribution in [0.5, 0.6) is 5.75 Å². The lowest BCUT2D eigenvalue weighted by atomic mass is 10.0. The Morgan fingerprint density at radius 3 is 2.44 bits per heavy atom. The van der Waals surface area contributed by atoms with Crippen LogP contribution in [0.4, 0.5) is 0 Å². The number of likely N-dealkylation sites (tertiary alicyclic amines) is 1. The molecule has 1 heterocycles. The summed E-state index contributed by atoms with van der Waals surface area (Å²) in [5, 5.41) is 0.643. The predicted octanol–water partition coefficient (Wildman–Crippen LogP) is 3.77. The molecule has 4 nitrogen and oxygen atoms in total.